The first-order valence-electron chi connectivity index (χ1n) is 11.8. The van der Waals surface area contributed by atoms with Gasteiger partial charge in [0.2, 0.25) is 5.88 Å². The summed E-state index contributed by atoms with van der Waals surface area (Å²) in [6.07, 6.45) is 8.23. The van der Waals surface area contributed by atoms with Crippen molar-refractivity contribution in [2.45, 2.75) is 45.3 Å². The lowest BCUT2D eigenvalue weighted by Crippen LogP contribution is -2.50. The fraction of sp³-hybridized carbons (Fsp3) is 0.462. The molecule has 2 aromatic heterocycles. The molecule has 0 saturated heterocycles. The molecule has 4 rings (SSSR count). The Labute approximate surface area is 200 Å². The van der Waals surface area contributed by atoms with E-state index in [0.717, 1.165) is 24.8 Å². The van der Waals surface area contributed by atoms with Crippen LogP contribution in [0, 0.1) is 5.92 Å². The van der Waals surface area contributed by atoms with E-state index in [1.807, 2.05) is 19.9 Å². The molecule has 34 heavy (non-hydrogen) atoms. The fourth-order valence-electron chi connectivity index (χ4n) is 4.47. The zero-order chi connectivity index (χ0) is 24.2. The van der Waals surface area contributed by atoms with Crippen molar-refractivity contribution < 1.29 is 19.4 Å². The molecule has 3 heterocycles. The van der Waals surface area contributed by atoms with Gasteiger partial charge in [0.25, 0.3) is 11.8 Å². The van der Waals surface area contributed by atoms with Crippen LogP contribution in [0.25, 0.3) is 5.57 Å². The molecule has 8 heteroatoms. The number of ether oxygens (including phenoxy) is 1. The number of nitrogens with zero attached hydrogens (tertiary/aromatic N) is 4. The van der Waals surface area contributed by atoms with Crippen LogP contribution in [-0.4, -0.2) is 75.6 Å². The second kappa shape index (κ2) is 10.3. The highest BCUT2D eigenvalue weighted by molar-refractivity contribution is 5.97. The molecule has 1 N–H and O–H groups in total. The molecular weight excluding hydrogens is 432 g/mol. The van der Waals surface area contributed by atoms with Crippen LogP contribution < -0.4 is 4.74 Å². The molecule has 180 valence electrons. The van der Waals surface area contributed by atoms with E-state index < -0.39 is 6.10 Å². The van der Waals surface area contributed by atoms with Crippen LogP contribution in [0.4, 0.5) is 0 Å². The van der Waals surface area contributed by atoms with Crippen molar-refractivity contribution in [1.29, 1.82) is 0 Å². The van der Waals surface area contributed by atoms with Crippen molar-refractivity contribution in [1.82, 2.24) is 19.8 Å². The molecule has 2 amide bonds. The number of aliphatic hydroxyl groups excluding tert-OH is 1. The van der Waals surface area contributed by atoms with Crippen molar-refractivity contribution >= 4 is 17.4 Å². The average Bonchev–Trinajstić information content (AvgIpc) is 3.40. The minimum Gasteiger partial charge on any atom is -0.472 e. The SMILES string of the molecule is C[C@@H]1CN([C@H](C)CO)C(=O)c2cc(C3=CCCC3)cnc2O[C@H]1CN(C)C(=O)c1ccccn1. The first-order valence-corrected chi connectivity index (χ1v) is 11.8. The Hall–Kier alpha value is -3.26. The van der Waals surface area contributed by atoms with Gasteiger partial charge < -0.3 is 19.6 Å². The number of aliphatic hydroxyl groups is 1. The standard InChI is InChI=1S/C26H32N4O4/c1-17-14-30(18(2)16-31)25(32)21-12-20(19-8-4-5-9-19)13-28-24(21)34-23(17)15-29(3)26(33)22-10-6-7-11-27-22/h6-8,10-13,17-18,23,31H,4-5,9,14-16H2,1-3H3/t17-,18-,23+/m1/s1. The fourth-order valence-corrected chi connectivity index (χ4v) is 4.47. The summed E-state index contributed by atoms with van der Waals surface area (Å²) >= 11 is 0. The van der Waals surface area contributed by atoms with Gasteiger partial charge in [-0.2, -0.15) is 0 Å². The van der Waals surface area contributed by atoms with Crippen LogP contribution in [0.3, 0.4) is 0 Å². The number of fused-ring (bicyclic) bond motifs is 1. The second-order valence-electron chi connectivity index (χ2n) is 9.22. The van der Waals surface area contributed by atoms with Crippen LogP contribution in [-0.2, 0) is 0 Å². The van der Waals surface area contributed by atoms with Crippen molar-refractivity contribution in [2.24, 2.45) is 5.92 Å². The number of allylic oxidation sites excluding steroid dienone is 2. The van der Waals surface area contributed by atoms with Gasteiger partial charge in [-0.25, -0.2) is 4.98 Å². The summed E-state index contributed by atoms with van der Waals surface area (Å²) in [5, 5.41) is 9.83. The lowest BCUT2D eigenvalue weighted by Gasteiger charge is -2.37. The summed E-state index contributed by atoms with van der Waals surface area (Å²) < 4.78 is 6.30. The first-order chi connectivity index (χ1) is 16.4. The van der Waals surface area contributed by atoms with E-state index in [1.165, 1.54) is 5.57 Å². The van der Waals surface area contributed by atoms with E-state index in [4.69, 9.17) is 4.74 Å². The molecule has 8 nitrogen and oxygen atoms in total. The number of likely N-dealkylation sites (N-methyl/N-ethyl adjacent to an activating group) is 1. The maximum atomic E-state index is 13.5. The van der Waals surface area contributed by atoms with E-state index in [0.29, 0.717) is 24.3 Å². The molecule has 2 aromatic rings. The van der Waals surface area contributed by atoms with E-state index in [9.17, 15) is 14.7 Å². The smallest absolute Gasteiger partial charge is 0.272 e. The Morgan fingerprint density at radius 3 is 2.85 bits per heavy atom. The Bertz CT molecular complexity index is 1070. The third-order valence-corrected chi connectivity index (χ3v) is 6.62. The number of hydrogen-bond donors (Lipinski definition) is 1. The predicted octanol–water partition coefficient (Wildman–Crippen LogP) is 3.04. The molecule has 0 spiro atoms. The summed E-state index contributed by atoms with van der Waals surface area (Å²) in [6, 6.07) is 6.72. The Balaban J connectivity index is 1.65. The molecular formula is C26H32N4O4. The van der Waals surface area contributed by atoms with E-state index in [-0.39, 0.29) is 36.3 Å². The van der Waals surface area contributed by atoms with Crippen LogP contribution in [0.2, 0.25) is 0 Å². The minimum atomic E-state index is -0.401. The summed E-state index contributed by atoms with van der Waals surface area (Å²) in [5.74, 6) is -0.249. The van der Waals surface area contributed by atoms with Gasteiger partial charge in [-0.3, -0.25) is 14.6 Å². The van der Waals surface area contributed by atoms with Crippen molar-refractivity contribution in [2.75, 3.05) is 26.7 Å². The molecule has 3 atom stereocenters. The van der Waals surface area contributed by atoms with Crippen LogP contribution in [0.5, 0.6) is 5.88 Å². The van der Waals surface area contributed by atoms with Crippen LogP contribution >= 0.6 is 0 Å². The third kappa shape index (κ3) is 4.97. The zero-order valence-electron chi connectivity index (χ0n) is 20.0. The second-order valence-corrected chi connectivity index (χ2v) is 9.22. The minimum absolute atomic E-state index is 0.107. The summed E-state index contributed by atoms with van der Waals surface area (Å²) in [5.41, 5.74) is 2.87. The number of hydrogen-bond acceptors (Lipinski definition) is 6. The highest BCUT2D eigenvalue weighted by Crippen LogP contribution is 2.32. The highest BCUT2D eigenvalue weighted by Gasteiger charge is 2.35. The maximum absolute atomic E-state index is 13.5. The number of aromatic nitrogens is 2. The van der Waals surface area contributed by atoms with Gasteiger partial charge in [0.1, 0.15) is 17.4 Å². The van der Waals surface area contributed by atoms with Crippen molar-refractivity contribution in [3.63, 3.8) is 0 Å². The molecule has 0 fully saturated rings. The number of rotatable bonds is 6. The number of carbonyl (C=O) groups is 2. The number of carbonyl (C=O) groups excluding carboxylic acids is 2. The monoisotopic (exact) mass is 464 g/mol. The molecule has 0 radical (unpaired) electrons. The zero-order valence-corrected chi connectivity index (χ0v) is 20.0. The maximum Gasteiger partial charge on any atom is 0.272 e. The van der Waals surface area contributed by atoms with E-state index in [1.54, 1.807) is 47.4 Å². The van der Waals surface area contributed by atoms with Gasteiger partial charge in [-0.15, -0.1) is 0 Å². The van der Waals surface area contributed by atoms with E-state index in [2.05, 4.69) is 16.0 Å². The van der Waals surface area contributed by atoms with Crippen molar-refractivity contribution in [3.8, 4) is 5.88 Å². The normalized spacial score (nSPS) is 21.1. The number of amides is 2. The van der Waals surface area contributed by atoms with Crippen molar-refractivity contribution in [3.05, 3.63) is 59.6 Å². The Morgan fingerprint density at radius 2 is 2.18 bits per heavy atom. The molecule has 0 saturated carbocycles. The summed E-state index contributed by atoms with van der Waals surface area (Å²) in [7, 11) is 1.72. The molecule has 1 aliphatic carbocycles. The Morgan fingerprint density at radius 1 is 1.35 bits per heavy atom. The van der Waals surface area contributed by atoms with Crippen LogP contribution in [0.1, 0.15) is 59.5 Å². The number of pyridine rings is 2. The Kier molecular flexibility index (Phi) is 7.26. The largest absolute Gasteiger partial charge is 0.472 e. The van der Waals surface area contributed by atoms with Gasteiger partial charge in [-0.1, -0.05) is 19.1 Å². The topological polar surface area (TPSA) is 95.9 Å². The molecule has 2 aliphatic rings. The lowest BCUT2D eigenvalue weighted by atomic mass is 9.99. The molecule has 0 bridgehead atoms. The van der Waals surface area contributed by atoms with Crippen LogP contribution in [0.15, 0.2) is 42.7 Å². The molecule has 0 unspecified atom stereocenters. The summed E-state index contributed by atoms with van der Waals surface area (Å²) in [6.45, 7) is 4.37. The molecule has 1 aliphatic heterocycles. The first kappa shape index (κ1) is 23.9. The predicted molar refractivity (Wildman–Crippen MR) is 128 cm³/mol. The van der Waals surface area contributed by atoms with E-state index >= 15 is 0 Å². The molecule has 0 aromatic carbocycles. The van der Waals surface area contributed by atoms with Gasteiger partial charge in [0, 0.05) is 31.9 Å². The lowest BCUT2D eigenvalue weighted by molar-refractivity contribution is 0.0312. The highest BCUT2D eigenvalue weighted by atomic mass is 16.5. The third-order valence-electron chi connectivity index (χ3n) is 6.62. The van der Waals surface area contributed by atoms with Gasteiger partial charge in [-0.05, 0) is 55.5 Å². The van der Waals surface area contributed by atoms with Gasteiger partial charge in [0.05, 0.1) is 19.2 Å². The quantitative estimate of drug-likeness (QED) is 0.706. The van der Waals surface area contributed by atoms with Gasteiger partial charge >= 0.3 is 0 Å². The summed E-state index contributed by atoms with van der Waals surface area (Å²) in [4.78, 5) is 38.4. The van der Waals surface area contributed by atoms with Gasteiger partial charge in [0.15, 0.2) is 0 Å². The average molecular weight is 465 g/mol.